The first kappa shape index (κ1) is 18.1. The van der Waals surface area contributed by atoms with Gasteiger partial charge in [-0.25, -0.2) is 4.98 Å². The first-order valence-corrected chi connectivity index (χ1v) is 7.49. The summed E-state index contributed by atoms with van der Waals surface area (Å²) in [6.45, 7) is 3.34. The molecule has 1 amide bonds. The van der Waals surface area contributed by atoms with Crippen molar-refractivity contribution in [1.29, 1.82) is 0 Å². The highest BCUT2D eigenvalue weighted by molar-refractivity contribution is 7.11. The van der Waals surface area contributed by atoms with Crippen molar-refractivity contribution >= 4 is 29.1 Å². The van der Waals surface area contributed by atoms with Crippen molar-refractivity contribution < 1.29 is 19.1 Å². The third kappa shape index (κ3) is 5.09. The van der Waals surface area contributed by atoms with Gasteiger partial charge in [0.25, 0.3) is 0 Å². The van der Waals surface area contributed by atoms with Gasteiger partial charge in [0.2, 0.25) is 5.91 Å². The fourth-order valence-electron chi connectivity index (χ4n) is 1.85. The molecule has 1 aromatic heterocycles. The minimum atomic E-state index is -0.576. The van der Waals surface area contributed by atoms with Crippen LogP contribution in [0, 0.1) is 5.92 Å². The molecule has 0 aromatic carbocycles. The molecule has 0 saturated carbocycles. The van der Waals surface area contributed by atoms with E-state index >= 15 is 0 Å². The predicted octanol–water partition coefficient (Wildman–Crippen LogP) is 2.03. The molecule has 1 aromatic rings. The van der Waals surface area contributed by atoms with E-state index in [0.717, 1.165) is 0 Å². The second-order valence-electron chi connectivity index (χ2n) is 4.64. The van der Waals surface area contributed by atoms with Gasteiger partial charge in [0.15, 0.2) is 10.8 Å². The molecule has 22 heavy (non-hydrogen) atoms. The number of hydrogen-bond donors (Lipinski definition) is 1. The monoisotopic (exact) mass is 324 g/mol. The van der Waals surface area contributed by atoms with Crippen molar-refractivity contribution in [2.45, 2.75) is 20.0 Å². The largest absolute Gasteiger partial charge is 0.501 e. The summed E-state index contributed by atoms with van der Waals surface area (Å²) < 4.78 is 10.6. The van der Waals surface area contributed by atoms with Crippen molar-refractivity contribution in [2.24, 2.45) is 11.7 Å². The average molecular weight is 324 g/mol. The highest BCUT2D eigenvalue weighted by Gasteiger charge is 2.20. The van der Waals surface area contributed by atoms with Crippen LogP contribution in [0.4, 0.5) is 0 Å². The van der Waals surface area contributed by atoms with E-state index in [9.17, 15) is 9.59 Å². The van der Waals surface area contributed by atoms with Gasteiger partial charge in [0.1, 0.15) is 5.76 Å². The smallest absolute Gasteiger partial charge is 0.244 e. The molecule has 2 unspecified atom stereocenters. The van der Waals surface area contributed by atoms with E-state index in [1.54, 1.807) is 24.6 Å². The Labute approximate surface area is 133 Å². The van der Waals surface area contributed by atoms with E-state index in [1.165, 1.54) is 31.4 Å². The fourth-order valence-corrected chi connectivity index (χ4v) is 2.53. The number of ketones is 1. The number of rotatable bonds is 8. The Balaban J connectivity index is 2.88. The molecular formula is C15H20N2O4S. The van der Waals surface area contributed by atoms with Crippen LogP contribution in [-0.4, -0.2) is 37.0 Å². The Kier molecular flexibility index (Phi) is 6.94. The number of thiazole rings is 1. The minimum Gasteiger partial charge on any atom is -0.501 e. The zero-order chi connectivity index (χ0) is 16.7. The summed E-state index contributed by atoms with van der Waals surface area (Å²) in [6, 6.07) is 0. The molecule has 7 heteroatoms. The number of hydrogen-bond acceptors (Lipinski definition) is 6. The molecule has 2 N–H and O–H groups in total. The lowest BCUT2D eigenvalue weighted by Gasteiger charge is -2.21. The summed E-state index contributed by atoms with van der Waals surface area (Å²) in [5.74, 6) is -0.406. The van der Waals surface area contributed by atoms with Gasteiger partial charge in [-0.2, -0.15) is 0 Å². The number of carbonyl (C=O) groups is 2. The summed E-state index contributed by atoms with van der Waals surface area (Å²) in [6.07, 6.45) is 4.48. The van der Waals surface area contributed by atoms with E-state index in [0.29, 0.717) is 16.5 Å². The van der Waals surface area contributed by atoms with Crippen LogP contribution in [0.15, 0.2) is 23.3 Å². The highest BCUT2D eigenvalue weighted by atomic mass is 32.1. The van der Waals surface area contributed by atoms with Gasteiger partial charge in [-0.15, -0.1) is 11.3 Å². The van der Waals surface area contributed by atoms with Gasteiger partial charge in [-0.1, -0.05) is 13.0 Å². The topological polar surface area (TPSA) is 91.5 Å². The predicted molar refractivity (Wildman–Crippen MR) is 85.4 cm³/mol. The van der Waals surface area contributed by atoms with E-state index in [1.807, 2.05) is 6.92 Å². The number of methoxy groups -OCH3 is 2. The number of aromatic nitrogens is 1. The van der Waals surface area contributed by atoms with Crippen LogP contribution in [0.1, 0.15) is 29.3 Å². The van der Waals surface area contributed by atoms with Crippen LogP contribution in [0.5, 0.6) is 0 Å². The molecule has 2 atom stereocenters. The second-order valence-corrected chi connectivity index (χ2v) is 5.49. The molecule has 0 aliphatic rings. The van der Waals surface area contributed by atoms with E-state index in [-0.39, 0.29) is 17.8 Å². The molecule has 0 spiro atoms. The molecule has 0 aliphatic carbocycles. The van der Waals surface area contributed by atoms with Crippen LogP contribution in [0.2, 0.25) is 0 Å². The highest BCUT2D eigenvalue weighted by Crippen LogP contribution is 2.20. The lowest BCUT2D eigenvalue weighted by atomic mass is 10.0. The van der Waals surface area contributed by atoms with Crippen molar-refractivity contribution in [1.82, 2.24) is 4.98 Å². The summed E-state index contributed by atoms with van der Waals surface area (Å²) in [5, 5.41) is 2.26. The van der Waals surface area contributed by atoms with Gasteiger partial charge in [-0.05, 0) is 6.08 Å². The van der Waals surface area contributed by atoms with Gasteiger partial charge < -0.3 is 15.2 Å². The Bertz CT molecular complexity index is 592. The Morgan fingerprint density at radius 3 is 2.55 bits per heavy atom. The number of Topliss-reactive ketones (excluding diaryl/α,β-unsaturated/α-hetero) is 1. The molecule has 1 heterocycles. The van der Waals surface area contributed by atoms with Crippen molar-refractivity contribution in [3.05, 3.63) is 34.0 Å². The number of nitrogens with zero attached hydrogens (tertiary/aromatic N) is 1. The average Bonchev–Trinajstić information content (AvgIpc) is 2.94. The molecule has 0 aliphatic heterocycles. The Hall–Kier alpha value is -1.99. The van der Waals surface area contributed by atoms with E-state index in [2.05, 4.69) is 4.98 Å². The number of primary amides is 1. The Morgan fingerprint density at radius 2 is 2.09 bits per heavy atom. The quantitative estimate of drug-likeness (QED) is 0.449. The molecule has 6 nitrogen and oxygen atoms in total. The van der Waals surface area contributed by atoms with Crippen molar-refractivity contribution in [3.63, 3.8) is 0 Å². The third-order valence-electron chi connectivity index (χ3n) is 3.01. The molecule has 0 bridgehead atoms. The maximum absolute atomic E-state index is 11.2. The summed E-state index contributed by atoms with van der Waals surface area (Å²) in [7, 11) is 3.03. The maximum atomic E-state index is 11.2. The van der Waals surface area contributed by atoms with Gasteiger partial charge in [0, 0.05) is 31.4 Å². The molecule has 0 radical (unpaired) electrons. The lowest BCUT2D eigenvalue weighted by Crippen LogP contribution is -2.22. The molecular weight excluding hydrogens is 304 g/mol. The van der Waals surface area contributed by atoms with Crippen LogP contribution < -0.4 is 5.73 Å². The molecule has 0 fully saturated rings. The normalized spacial score (nSPS) is 14.8. The third-order valence-corrected chi connectivity index (χ3v) is 3.98. The first-order valence-electron chi connectivity index (χ1n) is 6.61. The molecule has 0 saturated heterocycles. The molecule has 120 valence electrons. The fraction of sp³-hybridized carbons (Fsp3) is 0.400. The maximum Gasteiger partial charge on any atom is 0.244 e. The molecule has 1 rings (SSSR count). The van der Waals surface area contributed by atoms with Gasteiger partial charge in [-0.3, -0.25) is 9.59 Å². The minimum absolute atomic E-state index is 0.0626. The van der Waals surface area contributed by atoms with Crippen LogP contribution in [-0.2, 0) is 14.3 Å². The van der Waals surface area contributed by atoms with Crippen molar-refractivity contribution in [2.75, 3.05) is 14.2 Å². The van der Waals surface area contributed by atoms with Crippen molar-refractivity contribution in [3.8, 4) is 0 Å². The SMILES string of the molecule is COC(=CC(N)=O)C(C)C(C=Cc1csc(C(C)=O)n1)OC. The zero-order valence-electron chi connectivity index (χ0n) is 13.0. The standard InChI is InChI=1S/C15H20N2O4S/c1-9(13(21-4)7-14(16)19)12(20-3)6-5-11-8-22-15(17-11)10(2)18/h5-9,12H,1-4H3,(H2,16,19). The number of nitrogens with two attached hydrogens (primary N) is 1. The summed E-state index contributed by atoms with van der Waals surface area (Å²) in [4.78, 5) is 26.4. The van der Waals surface area contributed by atoms with Crippen LogP contribution in [0.3, 0.4) is 0 Å². The second kappa shape index (κ2) is 8.45. The lowest BCUT2D eigenvalue weighted by molar-refractivity contribution is -0.113. The Morgan fingerprint density at radius 1 is 1.41 bits per heavy atom. The summed E-state index contributed by atoms with van der Waals surface area (Å²) in [5.41, 5.74) is 5.83. The van der Waals surface area contributed by atoms with Gasteiger partial charge >= 0.3 is 0 Å². The van der Waals surface area contributed by atoms with E-state index in [4.69, 9.17) is 15.2 Å². The van der Waals surface area contributed by atoms with Crippen LogP contribution >= 0.6 is 11.3 Å². The zero-order valence-corrected chi connectivity index (χ0v) is 13.8. The van der Waals surface area contributed by atoms with E-state index < -0.39 is 5.91 Å². The summed E-state index contributed by atoms with van der Waals surface area (Å²) >= 11 is 1.29. The van der Waals surface area contributed by atoms with Gasteiger partial charge in [0.05, 0.1) is 18.9 Å². The number of amides is 1. The number of ether oxygens (including phenoxy) is 2. The number of carbonyl (C=O) groups excluding carboxylic acids is 2. The van der Waals surface area contributed by atoms with Crippen LogP contribution in [0.25, 0.3) is 6.08 Å². The first-order chi connectivity index (χ1) is 10.4.